The molecule has 0 radical (unpaired) electrons. The van der Waals surface area contributed by atoms with Gasteiger partial charge in [0.05, 0.1) is 18.4 Å². The largest absolute Gasteiger partial charge is 0.469 e. The van der Waals surface area contributed by atoms with Crippen LogP contribution in [0.15, 0.2) is 66.4 Å². The lowest BCUT2D eigenvalue weighted by Crippen LogP contribution is -2.14. The minimum Gasteiger partial charge on any atom is -0.469 e. The molecule has 0 amide bonds. The molecule has 160 valence electrons. The quantitative estimate of drug-likeness (QED) is 0.344. The predicted octanol–water partition coefficient (Wildman–Crippen LogP) is 4.61. The molecule has 5 rings (SSSR count). The van der Waals surface area contributed by atoms with Gasteiger partial charge in [-0.25, -0.2) is 14.6 Å². The van der Waals surface area contributed by atoms with Gasteiger partial charge in [0.1, 0.15) is 11.7 Å². The monoisotopic (exact) mass is 443 g/mol. The van der Waals surface area contributed by atoms with E-state index in [9.17, 15) is 4.79 Å². The van der Waals surface area contributed by atoms with Crippen LogP contribution in [0.5, 0.6) is 5.88 Å². The van der Waals surface area contributed by atoms with Crippen molar-refractivity contribution in [1.82, 2.24) is 24.3 Å². The van der Waals surface area contributed by atoms with Gasteiger partial charge < -0.3 is 9.30 Å². The molecule has 0 aliphatic rings. The number of hydrogen-bond acceptors (Lipinski definition) is 6. The fraction of sp³-hybridized carbons (Fsp3) is 0.167. The van der Waals surface area contributed by atoms with E-state index in [1.807, 2.05) is 56.3 Å². The van der Waals surface area contributed by atoms with Crippen LogP contribution in [0, 0.1) is 13.8 Å². The fourth-order valence-electron chi connectivity index (χ4n) is 3.79. The van der Waals surface area contributed by atoms with Crippen LogP contribution >= 0.6 is 11.3 Å². The summed E-state index contributed by atoms with van der Waals surface area (Å²) in [6.45, 7) is 4.64. The number of fused-ring (bicyclic) bond motifs is 1. The average Bonchev–Trinajstić information content (AvgIpc) is 3.54. The summed E-state index contributed by atoms with van der Waals surface area (Å²) in [5, 5.41) is 7.14. The van der Waals surface area contributed by atoms with Crippen LogP contribution in [-0.4, -0.2) is 36.7 Å². The summed E-state index contributed by atoms with van der Waals surface area (Å²) < 4.78 is 9.72. The molecule has 0 aliphatic heterocycles. The Morgan fingerprint density at radius 3 is 2.72 bits per heavy atom. The summed E-state index contributed by atoms with van der Waals surface area (Å²) >= 11 is 1.71. The zero-order chi connectivity index (χ0) is 22.1. The molecule has 0 bridgehead atoms. The molecule has 0 N–H and O–H groups in total. The molecule has 0 saturated heterocycles. The molecule has 4 heterocycles. The summed E-state index contributed by atoms with van der Waals surface area (Å²) in [6.07, 6.45) is 3.09. The third kappa shape index (κ3) is 3.69. The number of rotatable bonds is 7. The van der Waals surface area contributed by atoms with Gasteiger partial charge in [0.15, 0.2) is 12.3 Å². The zero-order valence-electron chi connectivity index (χ0n) is 17.7. The Labute approximate surface area is 188 Å². The van der Waals surface area contributed by atoms with Gasteiger partial charge in [-0.2, -0.15) is 5.10 Å². The van der Waals surface area contributed by atoms with Gasteiger partial charge >= 0.3 is 0 Å². The number of ether oxygens (including phenoxy) is 1. The number of thiophene rings is 1. The topological polar surface area (TPSA) is 74.8 Å². The fourth-order valence-corrected chi connectivity index (χ4v) is 4.49. The van der Waals surface area contributed by atoms with Crippen LogP contribution in [-0.2, 0) is 6.54 Å². The molecular formula is C24H21N5O2S. The average molecular weight is 444 g/mol. The van der Waals surface area contributed by atoms with E-state index in [1.165, 1.54) is 11.2 Å². The second-order valence-corrected chi connectivity index (χ2v) is 8.50. The number of aryl methyl sites for hydroxylation is 1. The van der Waals surface area contributed by atoms with Gasteiger partial charge in [0.25, 0.3) is 0 Å². The van der Waals surface area contributed by atoms with Gasteiger partial charge in [-0.3, -0.25) is 4.79 Å². The van der Waals surface area contributed by atoms with Crippen molar-refractivity contribution in [1.29, 1.82) is 0 Å². The van der Waals surface area contributed by atoms with Crippen LogP contribution in [0.4, 0.5) is 0 Å². The Hall–Kier alpha value is -3.78. The molecule has 1 aromatic carbocycles. The van der Waals surface area contributed by atoms with E-state index in [0.29, 0.717) is 22.5 Å². The van der Waals surface area contributed by atoms with Crippen molar-refractivity contribution in [3.05, 3.63) is 88.3 Å². The maximum atomic E-state index is 13.0. The number of hydrogen-bond donors (Lipinski definition) is 0. The first-order chi connectivity index (χ1) is 15.6. The van der Waals surface area contributed by atoms with E-state index in [-0.39, 0.29) is 12.4 Å². The Morgan fingerprint density at radius 1 is 1.09 bits per heavy atom. The van der Waals surface area contributed by atoms with E-state index in [0.717, 1.165) is 23.6 Å². The standard InChI is InChI=1S/C24H21N5O2S/c1-16-11-20(17(2)28(16)13-19-9-6-10-32-19)22(30)14-31-24-21-12-27-29(23(21)25-15-26-24)18-7-4-3-5-8-18/h3-12,15H,13-14H2,1-2H3. The highest BCUT2D eigenvalue weighted by molar-refractivity contribution is 7.09. The van der Waals surface area contributed by atoms with E-state index in [4.69, 9.17) is 4.74 Å². The summed E-state index contributed by atoms with van der Waals surface area (Å²) in [4.78, 5) is 22.8. The first-order valence-corrected chi connectivity index (χ1v) is 11.1. The molecule has 32 heavy (non-hydrogen) atoms. The van der Waals surface area contributed by atoms with Gasteiger partial charge in [-0.1, -0.05) is 24.3 Å². The minimum absolute atomic E-state index is 0.0854. The molecule has 0 fully saturated rings. The van der Waals surface area contributed by atoms with Crippen LogP contribution in [0.25, 0.3) is 16.7 Å². The van der Waals surface area contributed by atoms with Crippen molar-refractivity contribution in [3.8, 4) is 11.6 Å². The number of nitrogens with zero attached hydrogens (tertiary/aromatic N) is 5. The normalized spacial score (nSPS) is 11.2. The molecule has 5 aromatic rings. The lowest BCUT2D eigenvalue weighted by atomic mass is 10.1. The van der Waals surface area contributed by atoms with Crippen LogP contribution in [0.1, 0.15) is 26.6 Å². The van der Waals surface area contributed by atoms with Crippen LogP contribution < -0.4 is 4.74 Å². The van der Waals surface area contributed by atoms with E-state index in [1.54, 1.807) is 22.2 Å². The van der Waals surface area contributed by atoms with Gasteiger partial charge in [0.2, 0.25) is 11.7 Å². The molecule has 0 spiro atoms. The molecule has 0 unspecified atom stereocenters. The molecule has 0 aliphatic carbocycles. The molecule has 8 heteroatoms. The van der Waals surface area contributed by atoms with Gasteiger partial charge in [-0.15, -0.1) is 11.3 Å². The lowest BCUT2D eigenvalue weighted by Gasteiger charge is -2.09. The van der Waals surface area contributed by atoms with Crippen LogP contribution in [0.2, 0.25) is 0 Å². The molecule has 0 atom stereocenters. The number of aromatic nitrogens is 5. The number of ketones is 1. The Kier molecular flexibility index (Phi) is 5.28. The van der Waals surface area contributed by atoms with Crippen molar-refractivity contribution in [2.75, 3.05) is 6.61 Å². The number of carbonyl (C=O) groups excluding carboxylic acids is 1. The number of benzene rings is 1. The second kappa shape index (κ2) is 8.39. The van der Waals surface area contributed by atoms with Crippen molar-refractivity contribution in [2.24, 2.45) is 0 Å². The van der Waals surface area contributed by atoms with Crippen molar-refractivity contribution in [2.45, 2.75) is 20.4 Å². The maximum absolute atomic E-state index is 13.0. The summed E-state index contributed by atoms with van der Waals surface area (Å²) in [6, 6.07) is 15.8. The molecular weight excluding hydrogens is 422 g/mol. The highest BCUT2D eigenvalue weighted by Crippen LogP contribution is 2.24. The number of carbonyl (C=O) groups is 1. The van der Waals surface area contributed by atoms with E-state index >= 15 is 0 Å². The summed E-state index contributed by atoms with van der Waals surface area (Å²) in [7, 11) is 0. The SMILES string of the molecule is Cc1cc(C(=O)COc2ncnc3c2cnn3-c2ccccc2)c(C)n1Cc1cccs1. The highest BCUT2D eigenvalue weighted by atomic mass is 32.1. The Bertz CT molecular complexity index is 1390. The smallest absolute Gasteiger partial charge is 0.228 e. The van der Waals surface area contributed by atoms with Gasteiger partial charge in [-0.05, 0) is 43.5 Å². The maximum Gasteiger partial charge on any atom is 0.228 e. The molecule has 7 nitrogen and oxygen atoms in total. The third-order valence-corrected chi connectivity index (χ3v) is 6.30. The van der Waals surface area contributed by atoms with Crippen molar-refractivity contribution >= 4 is 28.2 Å². The van der Waals surface area contributed by atoms with E-state index < -0.39 is 0 Å². The van der Waals surface area contributed by atoms with Crippen molar-refractivity contribution < 1.29 is 9.53 Å². The highest BCUT2D eigenvalue weighted by Gasteiger charge is 2.18. The lowest BCUT2D eigenvalue weighted by molar-refractivity contribution is 0.0918. The summed E-state index contributed by atoms with van der Waals surface area (Å²) in [5.74, 6) is 0.260. The van der Waals surface area contributed by atoms with E-state index in [2.05, 4.69) is 31.1 Å². The third-order valence-electron chi connectivity index (χ3n) is 5.44. The number of para-hydroxylation sites is 1. The van der Waals surface area contributed by atoms with Gasteiger partial charge in [0, 0.05) is 21.8 Å². The Morgan fingerprint density at radius 2 is 1.94 bits per heavy atom. The predicted molar refractivity (Wildman–Crippen MR) is 124 cm³/mol. The Balaban J connectivity index is 1.36. The molecule has 0 saturated carbocycles. The second-order valence-electron chi connectivity index (χ2n) is 7.47. The number of Topliss-reactive ketones (excluding diaryl/α,β-unsaturated/α-hetero) is 1. The first-order valence-electron chi connectivity index (χ1n) is 10.2. The molecule has 4 aromatic heterocycles. The zero-order valence-corrected chi connectivity index (χ0v) is 18.5. The summed E-state index contributed by atoms with van der Waals surface area (Å²) in [5.41, 5.74) is 4.18. The minimum atomic E-state index is -0.105. The first kappa shape index (κ1) is 20.1. The van der Waals surface area contributed by atoms with Crippen molar-refractivity contribution in [3.63, 3.8) is 0 Å². The van der Waals surface area contributed by atoms with Crippen LogP contribution in [0.3, 0.4) is 0 Å².